The summed E-state index contributed by atoms with van der Waals surface area (Å²) >= 11 is 0. The smallest absolute Gasteiger partial charge is 0.227 e. The normalized spacial score (nSPS) is 14.3. The summed E-state index contributed by atoms with van der Waals surface area (Å²) in [6, 6.07) is 8.05. The highest BCUT2D eigenvalue weighted by Gasteiger charge is 2.21. The van der Waals surface area contributed by atoms with E-state index in [-0.39, 0.29) is 11.9 Å². The van der Waals surface area contributed by atoms with Crippen molar-refractivity contribution in [3.63, 3.8) is 0 Å². The molecule has 23 heavy (non-hydrogen) atoms. The Morgan fingerprint density at radius 1 is 1.30 bits per heavy atom. The standard InChI is InChI=1S/C17H21N5O/c1-2-13-11-20-17(18)21-16(13)19-10-12-5-7-14(8-6-12)22-9-3-4-15(22)23/h5-8,11H,2-4,9-10H2,1H3,(H3,18,19,20,21). The van der Waals surface area contributed by atoms with Gasteiger partial charge in [-0.05, 0) is 30.5 Å². The summed E-state index contributed by atoms with van der Waals surface area (Å²) in [7, 11) is 0. The average Bonchev–Trinajstić information content (AvgIpc) is 2.99. The van der Waals surface area contributed by atoms with Gasteiger partial charge in [-0.3, -0.25) is 4.79 Å². The fraction of sp³-hybridized carbons (Fsp3) is 0.353. The van der Waals surface area contributed by atoms with Crippen LogP contribution in [0.25, 0.3) is 0 Å². The van der Waals surface area contributed by atoms with Gasteiger partial charge in [0.2, 0.25) is 11.9 Å². The monoisotopic (exact) mass is 311 g/mol. The van der Waals surface area contributed by atoms with Crippen LogP contribution >= 0.6 is 0 Å². The fourth-order valence-corrected chi connectivity index (χ4v) is 2.73. The minimum Gasteiger partial charge on any atom is -0.368 e. The van der Waals surface area contributed by atoms with Gasteiger partial charge in [0.05, 0.1) is 0 Å². The van der Waals surface area contributed by atoms with Crippen molar-refractivity contribution in [3.8, 4) is 0 Å². The molecule has 6 heteroatoms. The number of amides is 1. The quantitative estimate of drug-likeness (QED) is 0.885. The van der Waals surface area contributed by atoms with Gasteiger partial charge in [-0.1, -0.05) is 19.1 Å². The number of hydrogen-bond donors (Lipinski definition) is 2. The lowest BCUT2D eigenvalue weighted by atomic mass is 10.2. The van der Waals surface area contributed by atoms with E-state index < -0.39 is 0 Å². The zero-order chi connectivity index (χ0) is 16.2. The number of nitrogens with zero attached hydrogens (tertiary/aromatic N) is 3. The lowest BCUT2D eigenvalue weighted by molar-refractivity contribution is -0.117. The van der Waals surface area contributed by atoms with Crippen LogP contribution in [-0.4, -0.2) is 22.4 Å². The number of aromatic nitrogens is 2. The second-order valence-corrected chi connectivity index (χ2v) is 5.62. The molecule has 120 valence electrons. The third kappa shape index (κ3) is 3.41. The summed E-state index contributed by atoms with van der Waals surface area (Å²) in [4.78, 5) is 21.9. The molecule has 0 radical (unpaired) electrons. The van der Waals surface area contributed by atoms with Crippen LogP contribution in [0.15, 0.2) is 30.5 Å². The Hall–Kier alpha value is -2.63. The van der Waals surface area contributed by atoms with Gasteiger partial charge in [0.1, 0.15) is 5.82 Å². The first kappa shape index (κ1) is 15.3. The minimum absolute atomic E-state index is 0.208. The van der Waals surface area contributed by atoms with Crippen LogP contribution in [0.4, 0.5) is 17.5 Å². The molecule has 0 spiro atoms. The van der Waals surface area contributed by atoms with Crippen LogP contribution in [0.3, 0.4) is 0 Å². The molecule has 1 saturated heterocycles. The molecule has 3 N–H and O–H groups in total. The molecule has 0 aliphatic carbocycles. The van der Waals surface area contributed by atoms with Crippen LogP contribution < -0.4 is 16.0 Å². The Balaban J connectivity index is 1.67. The lowest BCUT2D eigenvalue weighted by Crippen LogP contribution is -2.23. The predicted molar refractivity (Wildman–Crippen MR) is 91.2 cm³/mol. The first-order valence-corrected chi connectivity index (χ1v) is 7.92. The van der Waals surface area contributed by atoms with Crippen molar-refractivity contribution in [2.24, 2.45) is 0 Å². The summed E-state index contributed by atoms with van der Waals surface area (Å²) < 4.78 is 0. The van der Waals surface area contributed by atoms with Crippen molar-refractivity contribution in [2.75, 3.05) is 22.5 Å². The maximum atomic E-state index is 11.8. The summed E-state index contributed by atoms with van der Waals surface area (Å²) in [5, 5.41) is 3.31. The molecular weight excluding hydrogens is 290 g/mol. The molecule has 1 aliphatic rings. The zero-order valence-corrected chi connectivity index (χ0v) is 13.2. The second-order valence-electron chi connectivity index (χ2n) is 5.62. The molecule has 1 aliphatic heterocycles. The van der Waals surface area contributed by atoms with Gasteiger partial charge >= 0.3 is 0 Å². The molecule has 1 aromatic carbocycles. The minimum atomic E-state index is 0.208. The number of nitrogens with one attached hydrogen (secondary N) is 1. The van der Waals surface area contributed by atoms with Gasteiger partial charge in [0.15, 0.2) is 0 Å². The highest BCUT2D eigenvalue weighted by atomic mass is 16.2. The van der Waals surface area contributed by atoms with E-state index in [2.05, 4.69) is 22.2 Å². The molecular formula is C17H21N5O. The van der Waals surface area contributed by atoms with Crippen molar-refractivity contribution in [1.29, 1.82) is 0 Å². The van der Waals surface area contributed by atoms with Gasteiger partial charge in [0.25, 0.3) is 0 Å². The van der Waals surface area contributed by atoms with Crippen molar-refractivity contribution in [1.82, 2.24) is 9.97 Å². The Morgan fingerprint density at radius 3 is 2.74 bits per heavy atom. The number of benzene rings is 1. The van der Waals surface area contributed by atoms with E-state index in [0.717, 1.165) is 42.0 Å². The molecule has 3 rings (SSSR count). The predicted octanol–water partition coefficient (Wildman–Crippen LogP) is 2.36. The Morgan fingerprint density at radius 2 is 2.09 bits per heavy atom. The largest absolute Gasteiger partial charge is 0.368 e. The van der Waals surface area contributed by atoms with E-state index in [0.29, 0.717) is 13.0 Å². The van der Waals surface area contributed by atoms with Crippen LogP contribution in [-0.2, 0) is 17.8 Å². The lowest BCUT2D eigenvalue weighted by Gasteiger charge is -2.16. The SMILES string of the molecule is CCc1cnc(N)nc1NCc1ccc(N2CCCC2=O)cc1. The summed E-state index contributed by atoms with van der Waals surface area (Å²) in [6.07, 6.45) is 4.20. The number of carbonyl (C=O) groups is 1. The van der Waals surface area contributed by atoms with Crippen molar-refractivity contribution in [3.05, 3.63) is 41.6 Å². The van der Waals surface area contributed by atoms with E-state index in [1.165, 1.54) is 0 Å². The number of hydrogen-bond acceptors (Lipinski definition) is 5. The molecule has 2 aromatic rings. The number of nitrogen functional groups attached to an aromatic ring is 1. The summed E-state index contributed by atoms with van der Waals surface area (Å²) in [5.41, 5.74) is 8.79. The number of anilines is 3. The summed E-state index contributed by atoms with van der Waals surface area (Å²) in [6.45, 7) is 3.52. The van der Waals surface area contributed by atoms with Gasteiger partial charge in [-0.15, -0.1) is 0 Å². The molecule has 1 aromatic heterocycles. The Labute approximate surface area is 135 Å². The van der Waals surface area contributed by atoms with Crippen LogP contribution in [0.5, 0.6) is 0 Å². The van der Waals surface area contributed by atoms with Crippen molar-refractivity contribution < 1.29 is 4.79 Å². The van der Waals surface area contributed by atoms with E-state index >= 15 is 0 Å². The topological polar surface area (TPSA) is 84.1 Å². The number of nitrogens with two attached hydrogens (primary N) is 1. The molecule has 1 amide bonds. The number of carbonyl (C=O) groups excluding carboxylic acids is 1. The first-order valence-electron chi connectivity index (χ1n) is 7.92. The number of rotatable bonds is 5. The third-order valence-corrected chi connectivity index (χ3v) is 4.05. The average molecular weight is 311 g/mol. The van der Waals surface area contributed by atoms with E-state index in [9.17, 15) is 4.79 Å². The molecule has 0 atom stereocenters. The second kappa shape index (κ2) is 6.64. The molecule has 0 saturated carbocycles. The van der Waals surface area contributed by atoms with Crippen molar-refractivity contribution in [2.45, 2.75) is 32.7 Å². The van der Waals surface area contributed by atoms with Crippen LogP contribution in [0.2, 0.25) is 0 Å². The Bertz CT molecular complexity index is 699. The van der Waals surface area contributed by atoms with Gasteiger partial charge < -0.3 is 16.0 Å². The maximum absolute atomic E-state index is 11.8. The fourth-order valence-electron chi connectivity index (χ4n) is 2.73. The zero-order valence-electron chi connectivity index (χ0n) is 13.2. The molecule has 2 heterocycles. The molecule has 0 unspecified atom stereocenters. The van der Waals surface area contributed by atoms with Crippen molar-refractivity contribution >= 4 is 23.4 Å². The third-order valence-electron chi connectivity index (χ3n) is 4.05. The first-order chi connectivity index (χ1) is 11.2. The van der Waals surface area contributed by atoms with Gasteiger partial charge in [0, 0.05) is 37.0 Å². The van der Waals surface area contributed by atoms with E-state index in [1.54, 1.807) is 6.20 Å². The van der Waals surface area contributed by atoms with E-state index in [1.807, 2.05) is 29.2 Å². The molecule has 6 nitrogen and oxygen atoms in total. The van der Waals surface area contributed by atoms with Gasteiger partial charge in [-0.2, -0.15) is 4.98 Å². The number of aryl methyl sites for hydroxylation is 1. The maximum Gasteiger partial charge on any atom is 0.227 e. The molecule has 1 fully saturated rings. The molecule has 0 bridgehead atoms. The highest BCUT2D eigenvalue weighted by Crippen LogP contribution is 2.22. The van der Waals surface area contributed by atoms with Gasteiger partial charge in [-0.25, -0.2) is 4.98 Å². The van der Waals surface area contributed by atoms with Crippen LogP contribution in [0.1, 0.15) is 30.9 Å². The van der Waals surface area contributed by atoms with Crippen LogP contribution in [0, 0.1) is 0 Å². The van der Waals surface area contributed by atoms with E-state index in [4.69, 9.17) is 5.73 Å². The highest BCUT2D eigenvalue weighted by molar-refractivity contribution is 5.95. The Kier molecular flexibility index (Phi) is 4.41. The summed E-state index contributed by atoms with van der Waals surface area (Å²) in [5.74, 6) is 1.26.